The van der Waals surface area contributed by atoms with Crippen molar-refractivity contribution >= 4 is 5.91 Å². The highest BCUT2D eigenvalue weighted by atomic mass is 19.1. The molecule has 0 aliphatic rings. The summed E-state index contributed by atoms with van der Waals surface area (Å²) in [7, 11) is 1.55. The molecule has 0 saturated carbocycles. The molecule has 0 radical (unpaired) electrons. The zero-order chi connectivity index (χ0) is 17.0. The van der Waals surface area contributed by atoms with Crippen LogP contribution in [0.25, 0.3) is 0 Å². The number of likely N-dealkylation sites (N-methyl/N-ethyl adjacent to an activating group) is 1. The molecule has 1 amide bonds. The van der Waals surface area contributed by atoms with Gasteiger partial charge in [-0.2, -0.15) is 0 Å². The van der Waals surface area contributed by atoms with Crippen molar-refractivity contribution in [3.8, 4) is 5.75 Å². The molecule has 23 heavy (non-hydrogen) atoms. The molecular formula is C18H19F2NO2. The molecule has 0 bridgehead atoms. The van der Waals surface area contributed by atoms with Gasteiger partial charge in [-0.15, -0.1) is 0 Å². The molecule has 3 nitrogen and oxygen atoms in total. The van der Waals surface area contributed by atoms with Crippen LogP contribution in [-0.2, 0) is 11.3 Å². The molecule has 0 fully saturated rings. The van der Waals surface area contributed by atoms with E-state index in [1.807, 2.05) is 26.0 Å². The number of ether oxygens (including phenoxy) is 1. The normalized spacial score (nSPS) is 10.5. The van der Waals surface area contributed by atoms with Crippen molar-refractivity contribution in [3.05, 3.63) is 64.7 Å². The highest BCUT2D eigenvalue weighted by molar-refractivity contribution is 5.77. The summed E-state index contributed by atoms with van der Waals surface area (Å²) in [5, 5.41) is 0. The van der Waals surface area contributed by atoms with E-state index in [9.17, 15) is 13.6 Å². The maximum Gasteiger partial charge on any atom is 0.260 e. The number of benzene rings is 2. The first-order chi connectivity index (χ1) is 10.9. The van der Waals surface area contributed by atoms with Gasteiger partial charge in [0.1, 0.15) is 17.4 Å². The van der Waals surface area contributed by atoms with E-state index in [1.54, 1.807) is 13.1 Å². The highest BCUT2D eigenvalue weighted by Gasteiger charge is 2.13. The number of aryl methyl sites for hydroxylation is 2. The Bertz CT molecular complexity index is 716. The molecule has 2 aromatic rings. The molecule has 0 N–H and O–H groups in total. The molecule has 0 unspecified atom stereocenters. The van der Waals surface area contributed by atoms with E-state index < -0.39 is 11.6 Å². The summed E-state index contributed by atoms with van der Waals surface area (Å²) in [5.74, 6) is -0.979. The van der Waals surface area contributed by atoms with Crippen LogP contribution < -0.4 is 4.74 Å². The van der Waals surface area contributed by atoms with Crippen LogP contribution in [0.4, 0.5) is 8.78 Å². The topological polar surface area (TPSA) is 29.5 Å². The van der Waals surface area contributed by atoms with E-state index in [1.165, 1.54) is 17.0 Å². The van der Waals surface area contributed by atoms with Gasteiger partial charge in [-0.25, -0.2) is 8.78 Å². The second-order valence-corrected chi connectivity index (χ2v) is 5.52. The smallest absolute Gasteiger partial charge is 0.260 e. The minimum Gasteiger partial charge on any atom is -0.484 e. The summed E-state index contributed by atoms with van der Waals surface area (Å²) in [6.07, 6.45) is 0. The van der Waals surface area contributed by atoms with Gasteiger partial charge < -0.3 is 9.64 Å². The molecule has 5 heteroatoms. The summed E-state index contributed by atoms with van der Waals surface area (Å²) in [4.78, 5) is 13.4. The summed E-state index contributed by atoms with van der Waals surface area (Å²) in [6, 6.07) is 8.89. The number of carbonyl (C=O) groups excluding carboxylic acids is 1. The average molecular weight is 319 g/mol. The van der Waals surface area contributed by atoms with E-state index in [0.717, 1.165) is 17.2 Å². The van der Waals surface area contributed by atoms with E-state index in [2.05, 4.69) is 0 Å². The van der Waals surface area contributed by atoms with Crippen LogP contribution in [0.2, 0.25) is 0 Å². The van der Waals surface area contributed by atoms with Gasteiger partial charge in [0.25, 0.3) is 5.91 Å². The maximum absolute atomic E-state index is 13.6. The minimum atomic E-state index is -0.667. The quantitative estimate of drug-likeness (QED) is 0.842. The van der Waals surface area contributed by atoms with Crippen molar-refractivity contribution in [2.24, 2.45) is 0 Å². The van der Waals surface area contributed by atoms with Crippen LogP contribution in [0.3, 0.4) is 0 Å². The molecule has 0 heterocycles. The number of rotatable bonds is 5. The van der Waals surface area contributed by atoms with E-state index in [-0.39, 0.29) is 24.6 Å². The number of hydrogen-bond donors (Lipinski definition) is 0. The first kappa shape index (κ1) is 16.9. The van der Waals surface area contributed by atoms with E-state index in [4.69, 9.17) is 4.74 Å². The lowest BCUT2D eigenvalue weighted by Crippen LogP contribution is -2.31. The highest BCUT2D eigenvalue weighted by Crippen LogP contribution is 2.17. The Labute approximate surface area is 134 Å². The summed E-state index contributed by atoms with van der Waals surface area (Å²) < 4.78 is 31.9. The molecule has 0 atom stereocenters. The molecule has 0 aliphatic carbocycles. The van der Waals surface area contributed by atoms with Crippen molar-refractivity contribution in [1.82, 2.24) is 4.90 Å². The molecule has 0 spiro atoms. The third-order valence-electron chi connectivity index (χ3n) is 3.69. The average Bonchev–Trinajstić information content (AvgIpc) is 2.50. The molecule has 122 valence electrons. The molecule has 0 saturated heterocycles. The van der Waals surface area contributed by atoms with Crippen LogP contribution in [0, 0.1) is 25.5 Å². The fraction of sp³-hybridized carbons (Fsp3) is 0.278. The SMILES string of the molecule is Cc1ccc(OCC(=O)N(C)Cc2ccc(F)cc2F)cc1C. The van der Waals surface area contributed by atoms with Crippen molar-refractivity contribution in [1.29, 1.82) is 0 Å². The Kier molecular flexibility index (Phi) is 5.32. The Morgan fingerprint density at radius 1 is 1.09 bits per heavy atom. The van der Waals surface area contributed by atoms with Crippen LogP contribution in [0.15, 0.2) is 36.4 Å². The fourth-order valence-electron chi connectivity index (χ4n) is 2.05. The summed E-state index contributed by atoms with van der Waals surface area (Å²) >= 11 is 0. The fourth-order valence-corrected chi connectivity index (χ4v) is 2.05. The standard InChI is InChI=1S/C18H19F2NO2/c1-12-4-7-16(8-13(12)2)23-11-18(22)21(3)10-14-5-6-15(19)9-17(14)20/h4-9H,10-11H2,1-3H3. The minimum absolute atomic E-state index is 0.0568. The van der Waals surface area contributed by atoms with Crippen LogP contribution in [0.1, 0.15) is 16.7 Å². The Balaban J connectivity index is 1.93. The van der Waals surface area contributed by atoms with Gasteiger partial charge in [0.05, 0.1) is 0 Å². The third-order valence-corrected chi connectivity index (χ3v) is 3.69. The van der Waals surface area contributed by atoms with Gasteiger partial charge in [-0.3, -0.25) is 4.79 Å². The molecular weight excluding hydrogens is 300 g/mol. The number of halogens is 2. The van der Waals surface area contributed by atoms with Crippen molar-refractivity contribution < 1.29 is 18.3 Å². The predicted molar refractivity (Wildman–Crippen MR) is 84.2 cm³/mol. The first-order valence-electron chi connectivity index (χ1n) is 7.25. The maximum atomic E-state index is 13.6. The molecule has 0 aromatic heterocycles. The van der Waals surface area contributed by atoms with Gasteiger partial charge in [-0.1, -0.05) is 12.1 Å². The van der Waals surface area contributed by atoms with Crippen LogP contribution in [0.5, 0.6) is 5.75 Å². The molecule has 2 rings (SSSR count). The van der Waals surface area contributed by atoms with Gasteiger partial charge >= 0.3 is 0 Å². The number of amides is 1. The van der Waals surface area contributed by atoms with Gasteiger partial charge in [-0.05, 0) is 43.2 Å². The molecule has 0 aliphatic heterocycles. The van der Waals surface area contributed by atoms with Crippen molar-refractivity contribution in [2.75, 3.05) is 13.7 Å². The predicted octanol–water partition coefficient (Wildman–Crippen LogP) is 3.62. The van der Waals surface area contributed by atoms with E-state index in [0.29, 0.717) is 5.75 Å². The van der Waals surface area contributed by atoms with Crippen molar-refractivity contribution in [2.45, 2.75) is 20.4 Å². The zero-order valence-electron chi connectivity index (χ0n) is 13.4. The van der Waals surface area contributed by atoms with Gasteiger partial charge in [0, 0.05) is 25.2 Å². The second-order valence-electron chi connectivity index (χ2n) is 5.52. The Morgan fingerprint density at radius 3 is 2.48 bits per heavy atom. The zero-order valence-corrected chi connectivity index (χ0v) is 13.4. The van der Waals surface area contributed by atoms with Crippen LogP contribution >= 0.6 is 0 Å². The summed E-state index contributed by atoms with van der Waals surface area (Å²) in [6.45, 7) is 3.88. The monoisotopic (exact) mass is 319 g/mol. The second kappa shape index (κ2) is 7.22. The third kappa shape index (κ3) is 4.52. The number of hydrogen-bond acceptors (Lipinski definition) is 2. The Morgan fingerprint density at radius 2 is 1.83 bits per heavy atom. The summed E-state index contributed by atoms with van der Waals surface area (Å²) in [5.41, 5.74) is 2.48. The Hall–Kier alpha value is -2.43. The lowest BCUT2D eigenvalue weighted by atomic mass is 10.1. The van der Waals surface area contributed by atoms with E-state index >= 15 is 0 Å². The lowest BCUT2D eigenvalue weighted by Gasteiger charge is -2.18. The van der Waals surface area contributed by atoms with Gasteiger partial charge in [0.15, 0.2) is 6.61 Å². The molecule has 2 aromatic carbocycles. The lowest BCUT2D eigenvalue weighted by molar-refractivity contribution is -0.132. The first-order valence-corrected chi connectivity index (χ1v) is 7.25. The number of nitrogens with zero attached hydrogens (tertiary/aromatic N) is 1. The largest absolute Gasteiger partial charge is 0.484 e. The van der Waals surface area contributed by atoms with Gasteiger partial charge in [0.2, 0.25) is 0 Å². The van der Waals surface area contributed by atoms with Crippen LogP contribution in [-0.4, -0.2) is 24.5 Å². The van der Waals surface area contributed by atoms with Crippen molar-refractivity contribution in [3.63, 3.8) is 0 Å². The number of carbonyl (C=O) groups is 1.